The molecule has 0 unspecified atom stereocenters. The lowest BCUT2D eigenvalue weighted by molar-refractivity contribution is 0.261. The predicted octanol–water partition coefficient (Wildman–Crippen LogP) is 1.79. The van der Waals surface area contributed by atoms with E-state index in [1.54, 1.807) is 6.92 Å². The first-order chi connectivity index (χ1) is 11.8. The summed E-state index contributed by atoms with van der Waals surface area (Å²) in [5, 5.41) is 4.49. The van der Waals surface area contributed by atoms with Gasteiger partial charge >= 0.3 is 0 Å². The van der Waals surface area contributed by atoms with Crippen molar-refractivity contribution in [2.45, 2.75) is 39.5 Å². The molecule has 2 heterocycles. The fraction of sp³-hybridized carbons (Fsp3) is 0.471. The Kier molecular flexibility index (Phi) is 5.21. The Morgan fingerprint density at radius 1 is 1.28 bits per heavy atom. The second-order valence-corrected chi connectivity index (χ2v) is 8.42. The molecule has 0 saturated heterocycles. The molecule has 0 fully saturated rings. The zero-order valence-electron chi connectivity index (χ0n) is 14.5. The van der Waals surface area contributed by atoms with Gasteiger partial charge in [0.15, 0.2) is 0 Å². The Balaban J connectivity index is 1.69. The van der Waals surface area contributed by atoms with Crippen LogP contribution in [0.4, 0.5) is 4.39 Å². The summed E-state index contributed by atoms with van der Waals surface area (Å²) in [6.45, 7) is 5.22. The minimum Gasteiger partial charge on any atom is -0.293 e. The molecule has 0 saturated carbocycles. The Bertz CT molecular complexity index is 864. The number of fused-ring (bicyclic) bond motifs is 1. The summed E-state index contributed by atoms with van der Waals surface area (Å²) < 4.78 is 40.3. The van der Waals surface area contributed by atoms with Crippen molar-refractivity contribution in [3.63, 3.8) is 0 Å². The van der Waals surface area contributed by atoms with E-state index < -0.39 is 10.0 Å². The average molecular weight is 366 g/mol. The van der Waals surface area contributed by atoms with Gasteiger partial charge in [-0.1, -0.05) is 12.1 Å². The van der Waals surface area contributed by atoms with Crippen LogP contribution >= 0.6 is 0 Å². The zero-order chi connectivity index (χ0) is 18.0. The standard InChI is InChI=1S/C17H23FN4O2S/c1-13-8-14(4-5-17(13)18)11-21-6-3-7-22-16(12-21)9-15(20-22)10-19-25(2,23)24/h4-5,8-9,19H,3,6-7,10-12H2,1-2H3. The van der Waals surface area contributed by atoms with E-state index in [4.69, 9.17) is 0 Å². The Hall–Kier alpha value is -1.77. The number of sulfonamides is 1. The molecule has 0 atom stereocenters. The van der Waals surface area contributed by atoms with E-state index in [2.05, 4.69) is 14.7 Å². The molecule has 1 aromatic carbocycles. The first-order valence-corrected chi connectivity index (χ1v) is 10.2. The smallest absolute Gasteiger partial charge is 0.209 e. The summed E-state index contributed by atoms with van der Waals surface area (Å²) in [6.07, 6.45) is 2.11. The van der Waals surface area contributed by atoms with Gasteiger partial charge in [0.25, 0.3) is 0 Å². The maximum Gasteiger partial charge on any atom is 0.209 e. The van der Waals surface area contributed by atoms with Crippen LogP contribution in [0.5, 0.6) is 0 Å². The first kappa shape index (κ1) is 18.0. The largest absolute Gasteiger partial charge is 0.293 e. The molecule has 25 heavy (non-hydrogen) atoms. The quantitative estimate of drug-likeness (QED) is 0.876. The van der Waals surface area contributed by atoms with Gasteiger partial charge in [-0.15, -0.1) is 0 Å². The first-order valence-electron chi connectivity index (χ1n) is 8.28. The highest BCUT2D eigenvalue weighted by atomic mass is 32.2. The van der Waals surface area contributed by atoms with Crippen LogP contribution in [-0.4, -0.2) is 35.9 Å². The van der Waals surface area contributed by atoms with E-state index in [-0.39, 0.29) is 12.4 Å². The molecule has 8 heteroatoms. The fourth-order valence-electron chi connectivity index (χ4n) is 3.08. The number of aromatic nitrogens is 2. The number of hydrogen-bond acceptors (Lipinski definition) is 4. The van der Waals surface area contributed by atoms with E-state index in [1.807, 2.05) is 22.9 Å². The van der Waals surface area contributed by atoms with Gasteiger partial charge in [-0.2, -0.15) is 5.10 Å². The summed E-state index contributed by atoms with van der Waals surface area (Å²) in [7, 11) is -3.23. The summed E-state index contributed by atoms with van der Waals surface area (Å²) in [4.78, 5) is 2.31. The Morgan fingerprint density at radius 2 is 2.08 bits per heavy atom. The third kappa shape index (κ3) is 4.87. The van der Waals surface area contributed by atoms with Gasteiger partial charge in [-0.05, 0) is 36.6 Å². The SMILES string of the molecule is Cc1cc(CN2CCCn3nc(CNS(C)(=O)=O)cc3C2)ccc1F. The fourth-order valence-corrected chi connectivity index (χ4v) is 3.49. The van der Waals surface area contributed by atoms with Gasteiger partial charge < -0.3 is 0 Å². The third-order valence-electron chi connectivity index (χ3n) is 4.29. The second-order valence-electron chi connectivity index (χ2n) is 6.59. The summed E-state index contributed by atoms with van der Waals surface area (Å²) >= 11 is 0. The molecule has 1 aliphatic rings. The maximum absolute atomic E-state index is 13.4. The van der Waals surface area contributed by atoms with E-state index in [1.165, 1.54) is 6.07 Å². The number of nitrogens with one attached hydrogen (secondary N) is 1. The van der Waals surface area contributed by atoms with Crippen LogP contribution in [-0.2, 0) is 36.2 Å². The number of hydrogen-bond donors (Lipinski definition) is 1. The molecule has 0 aliphatic carbocycles. The number of benzene rings is 1. The molecular formula is C17H23FN4O2S. The highest BCUT2D eigenvalue weighted by Crippen LogP contribution is 2.18. The zero-order valence-corrected chi connectivity index (χ0v) is 15.3. The molecule has 1 aliphatic heterocycles. The van der Waals surface area contributed by atoms with Gasteiger partial charge in [0.05, 0.1) is 24.2 Å². The summed E-state index contributed by atoms with van der Waals surface area (Å²) in [5.74, 6) is -0.180. The molecule has 0 bridgehead atoms. The molecule has 1 N–H and O–H groups in total. The minimum absolute atomic E-state index is 0.180. The Labute approximate surface area is 147 Å². The lowest BCUT2D eigenvalue weighted by Gasteiger charge is -2.19. The third-order valence-corrected chi connectivity index (χ3v) is 4.96. The highest BCUT2D eigenvalue weighted by Gasteiger charge is 2.17. The van der Waals surface area contributed by atoms with E-state index in [0.717, 1.165) is 55.8 Å². The van der Waals surface area contributed by atoms with Gasteiger partial charge in [0.2, 0.25) is 10.0 Å². The van der Waals surface area contributed by atoms with Crippen LogP contribution in [0.1, 0.15) is 28.9 Å². The number of halogens is 1. The van der Waals surface area contributed by atoms with E-state index >= 15 is 0 Å². The topological polar surface area (TPSA) is 67.2 Å². The van der Waals surface area contributed by atoms with Crippen molar-refractivity contribution in [2.75, 3.05) is 12.8 Å². The molecular weight excluding hydrogens is 343 g/mol. The van der Waals surface area contributed by atoms with Crippen molar-refractivity contribution >= 4 is 10.0 Å². The molecule has 2 aromatic rings. The van der Waals surface area contributed by atoms with Gasteiger partial charge in [0, 0.05) is 26.2 Å². The van der Waals surface area contributed by atoms with Crippen molar-refractivity contribution in [1.82, 2.24) is 19.4 Å². The molecule has 0 amide bonds. The minimum atomic E-state index is -3.23. The monoisotopic (exact) mass is 366 g/mol. The maximum atomic E-state index is 13.4. The summed E-state index contributed by atoms with van der Waals surface area (Å²) in [6, 6.07) is 7.18. The van der Waals surface area contributed by atoms with Crippen molar-refractivity contribution < 1.29 is 12.8 Å². The number of nitrogens with zero attached hydrogens (tertiary/aromatic N) is 3. The molecule has 6 nitrogen and oxygen atoms in total. The van der Waals surface area contributed by atoms with Gasteiger partial charge in [-0.25, -0.2) is 17.5 Å². The van der Waals surface area contributed by atoms with Crippen LogP contribution in [0.2, 0.25) is 0 Å². The summed E-state index contributed by atoms with van der Waals surface area (Å²) in [5.41, 5.74) is 3.54. The molecule has 136 valence electrons. The molecule has 0 spiro atoms. The van der Waals surface area contributed by atoms with Crippen molar-refractivity contribution in [3.8, 4) is 0 Å². The van der Waals surface area contributed by atoms with Crippen molar-refractivity contribution in [2.24, 2.45) is 0 Å². The predicted molar refractivity (Wildman–Crippen MR) is 93.8 cm³/mol. The molecule has 3 rings (SSSR count). The normalized spacial score (nSPS) is 15.8. The number of rotatable bonds is 5. The van der Waals surface area contributed by atoms with E-state index in [9.17, 15) is 12.8 Å². The lowest BCUT2D eigenvalue weighted by Crippen LogP contribution is -2.23. The van der Waals surface area contributed by atoms with Gasteiger partial charge in [0.1, 0.15) is 5.82 Å². The second kappa shape index (κ2) is 7.23. The van der Waals surface area contributed by atoms with Crippen LogP contribution in [0.15, 0.2) is 24.3 Å². The number of aryl methyl sites for hydroxylation is 2. The van der Waals surface area contributed by atoms with Crippen molar-refractivity contribution in [3.05, 3.63) is 52.6 Å². The van der Waals surface area contributed by atoms with Crippen molar-refractivity contribution in [1.29, 1.82) is 0 Å². The Morgan fingerprint density at radius 3 is 2.80 bits per heavy atom. The van der Waals surface area contributed by atoms with Crippen LogP contribution in [0.25, 0.3) is 0 Å². The van der Waals surface area contributed by atoms with Gasteiger partial charge in [-0.3, -0.25) is 9.58 Å². The average Bonchev–Trinajstić information content (AvgIpc) is 2.81. The van der Waals surface area contributed by atoms with Crippen LogP contribution < -0.4 is 4.72 Å². The lowest BCUT2D eigenvalue weighted by atomic mass is 10.1. The van der Waals surface area contributed by atoms with Crippen LogP contribution in [0.3, 0.4) is 0 Å². The molecule has 0 radical (unpaired) electrons. The molecule has 1 aromatic heterocycles. The van der Waals surface area contributed by atoms with Crippen LogP contribution in [0, 0.1) is 12.7 Å². The van der Waals surface area contributed by atoms with E-state index in [0.29, 0.717) is 5.56 Å². The highest BCUT2D eigenvalue weighted by molar-refractivity contribution is 7.88.